The summed E-state index contributed by atoms with van der Waals surface area (Å²) in [5.74, 6) is -0.411. The molecule has 1 aliphatic rings. The lowest BCUT2D eigenvalue weighted by Gasteiger charge is -2.26. The first kappa shape index (κ1) is 32.3. The number of carbonyl (C=O) groups excluding carboxylic acids is 2. The van der Waals surface area contributed by atoms with Crippen LogP contribution in [0.25, 0.3) is 0 Å². The van der Waals surface area contributed by atoms with E-state index in [1.165, 1.54) is 30.6 Å². The van der Waals surface area contributed by atoms with Gasteiger partial charge in [0.15, 0.2) is 6.04 Å². The first-order chi connectivity index (χ1) is 20.4. The number of aromatic nitrogens is 1. The highest BCUT2D eigenvalue weighted by molar-refractivity contribution is 6.35. The molecule has 1 amide bonds. The fourth-order valence-electron chi connectivity index (χ4n) is 4.17. The van der Waals surface area contributed by atoms with Crippen molar-refractivity contribution in [3.05, 3.63) is 87.7 Å². The summed E-state index contributed by atoms with van der Waals surface area (Å²) in [5.41, 5.74) is 0.433. The smallest absolute Gasteiger partial charge is 0.408 e. The molecule has 0 spiro atoms. The molecule has 8 nitrogen and oxygen atoms in total. The Bertz CT molecular complexity index is 1400. The molecule has 0 radical (unpaired) electrons. The lowest BCUT2D eigenvalue weighted by Crippen LogP contribution is -2.39. The number of hydrogen-bond donors (Lipinski definition) is 1. The summed E-state index contributed by atoms with van der Waals surface area (Å²) in [6, 6.07) is 11.4. The van der Waals surface area contributed by atoms with Crippen LogP contribution in [-0.2, 0) is 20.7 Å². The van der Waals surface area contributed by atoms with Crippen LogP contribution in [0.4, 0.5) is 13.6 Å². The molecule has 0 aliphatic heterocycles. The third-order valence-electron chi connectivity index (χ3n) is 6.36. The molecule has 230 valence electrons. The van der Waals surface area contributed by atoms with Crippen molar-refractivity contribution in [2.45, 2.75) is 64.4 Å². The summed E-state index contributed by atoms with van der Waals surface area (Å²) >= 11 is 12.8. The molecule has 1 aromatic heterocycles. The molecule has 1 aliphatic carbocycles. The van der Waals surface area contributed by atoms with Gasteiger partial charge in [-0.2, -0.15) is 8.78 Å². The SMILES string of the molecule is CC(C)(C)OC(=O)N[C@@H](C(=O)OC(Cc1c(Cl)cncc1Cl)c1ccc(OC(F)F)cc1OCC1CC1)c1ccccc1. The number of halogens is 4. The number of nitrogens with zero attached hydrogens (tertiary/aromatic N) is 1. The molecule has 2 aromatic carbocycles. The minimum atomic E-state index is -3.05. The van der Waals surface area contributed by atoms with Gasteiger partial charge in [-0.15, -0.1) is 0 Å². The van der Waals surface area contributed by atoms with Gasteiger partial charge < -0.3 is 24.3 Å². The molecule has 1 saturated carbocycles. The number of alkyl halides is 2. The van der Waals surface area contributed by atoms with Gasteiger partial charge in [0.05, 0.1) is 16.7 Å². The molecule has 1 N–H and O–H groups in total. The zero-order chi connectivity index (χ0) is 31.1. The van der Waals surface area contributed by atoms with Gasteiger partial charge in [0.2, 0.25) is 0 Å². The highest BCUT2D eigenvalue weighted by Crippen LogP contribution is 2.39. The van der Waals surface area contributed by atoms with E-state index in [0.717, 1.165) is 12.8 Å². The monoisotopic (exact) mass is 636 g/mol. The number of rotatable bonds is 12. The second kappa shape index (κ2) is 14.2. The van der Waals surface area contributed by atoms with E-state index in [-0.39, 0.29) is 28.0 Å². The Morgan fingerprint density at radius 1 is 1.05 bits per heavy atom. The van der Waals surface area contributed by atoms with Gasteiger partial charge in [-0.05, 0) is 62.8 Å². The normalized spacial score (nSPS) is 14.5. The van der Waals surface area contributed by atoms with Crippen LogP contribution in [-0.4, -0.2) is 35.9 Å². The number of carbonyl (C=O) groups is 2. The summed E-state index contributed by atoms with van der Waals surface area (Å²) in [6.45, 7) is 2.40. The van der Waals surface area contributed by atoms with Crippen LogP contribution < -0.4 is 14.8 Å². The lowest BCUT2D eigenvalue weighted by atomic mass is 10.00. The van der Waals surface area contributed by atoms with E-state index in [4.69, 9.17) is 37.4 Å². The molecule has 1 fully saturated rings. The summed E-state index contributed by atoms with van der Waals surface area (Å²) in [4.78, 5) is 30.6. The maximum Gasteiger partial charge on any atom is 0.408 e. The molecule has 2 atom stereocenters. The number of benzene rings is 2. The van der Waals surface area contributed by atoms with Crippen molar-refractivity contribution in [1.82, 2.24) is 10.3 Å². The van der Waals surface area contributed by atoms with Gasteiger partial charge in [-0.3, -0.25) is 4.98 Å². The Morgan fingerprint density at radius 2 is 1.72 bits per heavy atom. The number of ether oxygens (including phenoxy) is 4. The Labute approximate surface area is 258 Å². The molecule has 3 aromatic rings. The van der Waals surface area contributed by atoms with E-state index in [9.17, 15) is 18.4 Å². The minimum Gasteiger partial charge on any atom is -0.493 e. The second-order valence-corrected chi connectivity index (χ2v) is 11.8. The molecule has 0 saturated heterocycles. The van der Waals surface area contributed by atoms with Crippen molar-refractivity contribution in [1.29, 1.82) is 0 Å². The third kappa shape index (κ3) is 9.69. The molecular formula is C31H32Cl2F2N2O6. The van der Waals surface area contributed by atoms with Gasteiger partial charge in [0.25, 0.3) is 0 Å². The van der Waals surface area contributed by atoms with Gasteiger partial charge in [-0.25, -0.2) is 9.59 Å². The quantitative estimate of drug-likeness (QED) is 0.202. The van der Waals surface area contributed by atoms with Crippen LogP contribution in [0.15, 0.2) is 60.9 Å². The molecular weight excluding hydrogens is 605 g/mol. The summed E-state index contributed by atoms with van der Waals surface area (Å²) in [5, 5.41) is 3.06. The van der Waals surface area contributed by atoms with Crippen LogP contribution in [0, 0.1) is 5.92 Å². The van der Waals surface area contributed by atoms with Gasteiger partial charge in [0.1, 0.15) is 23.2 Å². The van der Waals surface area contributed by atoms with Crippen LogP contribution in [0.2, 0.25) is 10.0 Å². The Balaban J connectivity index is 1.72. The van der Waals surface area contributed by atoms with Crippen LogP contribution >= 0.6 is 23.2 Å². The number of pyridine rings is 1. The summed E-state index contributed by atoms with van der Waals surface area (Å²) < 4.78 is 48.1. The van der Waals surface area contributed by atoms with Gasteiger partial charge >= 0.3 is 18.7 Å². The molecule has 43 heavy (non-hydrogen) atoms. The van der Waals surface area contributed by atoms with E-state index in [0.29, 0.717) is 29.2 Å². The standard InChI is InChI=1S/C31H32Cl2F2N2O6/c1-31(2,3)43-30(39)37-27(19-7-5-4-6-8-19)28(38)42-26(14-22-23(32)15-36-16-24(22)33)21-12-11-20(41-29(34)35)13-25(21)40-17-18-9-10-18/h4-8,11-13,15-16,18,26-27,29H,9-10,14,17H2,1-3H3,(H,37,39)/t26?,27-/m1/s1. The van der Waals surface area contributed by atoms with E-state index < -0.39 is 36.4 Å². The summed E-state index contributed by atoms with van der Waals surface area (Å²) in [7, 11) is 0. The Kier molecular flexibility index (Phi) is 10.7. The largest absolute Gasteiger partial charge is 0.493 e. The predicted molar refractivity (Wildman–Crippen MR) is 157 cm³/mol. The molecule has 1 unspecified atom stereocenters. The number of nitrogens with one attached hydrogen (secondary N) is 1. The highest BCUT2D eigenvalue weighted by Gasteiger charge is 2.32. The van der Waals surface area contributed by atoms with Crippen molar-refractivity contribution in [3.63, 3.8) is 0 Å². The molecule has 1 heterocycles. The maximum atomic E-state index is 13.9. The van der Waals surface area contributed by atoms with Crippen LogP contribution in [0.1, 0.15) is 62.4 Å². The van der Waals surface area contributed by atoms with Crippen molar-refractivity contribution < 1.29 is 37.3 Å². The third-order valence-corrected chi connectivity index (χ3v) is 7.01. The predicted octanol–water partition coefficient (Wildman–Crippen LogP) is 7.87. The maximum absolute atomic E-state index is 13.9. The number of amides is 1. The fraction of sp³-hybridized carbons (Fsp3) is 0.387. The average Bonchev–Trinajstić information content (AvgIpc) is 3.76. The molecule has 0 bridgehead atoms. The second-order valence-electron chi connectivity index (χ2n) is 11.0. The first-order valence-corrected chi connectivity index (χ1v) is 14.4. The Hall–Kier alpha value is -3.63. The fourth-order valence-corrected chi connectivity index (χ4v) is 4.68. The van der Waals surface area contributed by atoms with Crippen molar-refractivity contribution in [2.24, 2.45) is 5.92 Å². The lowest BCUT2D eigenvalue weighted by molar-refractivity contribution is -0.152. The molecule has 4 rings (SSSR count). The molecule has 12 heteroatoms. The van der Waals surface area contributed by atoms with E-state index in [2.05, 4.69) is 15.0 Å². The number of alkyl carbamates (subject to hydrolysis) is 1. The number of hydrogen-bond acceptors (Lipinski definition) is 7. The van der Waals surface area contributed by atoms with Gasteiger partial charge in [0, 0.05) is 30.4 Å². The summed E-state index contributed by atoms with van der Waals surface area (Å²) in [6.07, 6.45) is 2.86. The van der Waals surface area contributed by atoms with Crippen molar-refractivity contribution in [2.75, 3.05) is 6.61 Å². The topological polar surface area (TPSA) is 96.0 Å². The van der Waals surface area contributed by atoms with Crippen molar-refractivity contribution in [3.8, 4) is 11.5 Å². The Morgan fingerprint density at radius 3 is 2.33 bits per heavy atom. The van der Waals surface area contributed by atoms with Crippen LogP contribution in [0.3, 0.4) is 0 Å². The van der Waals surface area contributed by atoms with E-state index >= 15 is 0 Å². The van der Waals surface area contributed by atoms with E-state index in [1.807, 2.05) is 0 Å². The zero-order valence-electron chi connectivity index (χ0n) is 23.8. The number of esters is 1. The van der Waals surface area contributed by atoms with Gasteiger partial charge in [-0.1, -0.05) is 53.5 Å². The van der Waals surface area contributed by atoms with E-state index in [1.54, 1.807) is 51.1 Å². The van der Waals surface area contributed by atoms with Crippen molar-refractivity contribution >= 4 is 35.3 Å². The van der Waals surface area contributed by atoms with Crippen LogP contribution in [0.5, 0.6) is 11.5 Å². The zero-order valence-corrected chi connectivity index (χ0v) is 25.3. The first-order valence-electron chi connectivity index (χ1n) is 13.6. The minimum absolute atomic E-state index is 0.0191. The highest BCUT2D eigenvalue weighted by atomic mass is 35.5. The average molecular weight is 638 g/mol.